The highest BCUT2D eigenvalue weighted by molar-refractivity contribution is 4.84. The number of alkyl halides is 3. The first-order valence-electron chi connectivity index (χ1n) is 5.55. The minimum absolute atomic E-state index is 0.00766. The number of nitrogens with zero attached hydrogens (tertiary/aromatic N) is 1. The SMILES string of the molecule is CCC(CC)N(CCO)C(CN)C(F)(F)F. The van der Waals surface area contributed by atoms with Crippen molar-refractivity contribution in [1.29, 1.82) is 0 Å². The van der Waals surface area contributed by atoms with Crippen LogP contribution in [0.5, 0.6) is 0 Å². The lowest BCUT2D eigenvalue weighted by Gasteiger charge is -2.37. The highest BCUT2D eigenvalue weighted by atomic mass is 19.4. The second-order valence-electron chi connectivity index (χ2n) is 3.72. The number of hydrogen-bond donors (Lipinski definition) is 2. The fraction of sp³-hybridized carbons (Fsp3) is 1.00. The Bertz CT molecular complexity index is 183. The lowest BCUT2D eigenvalue weighted by Crippen LogP contribution is -2.55. The molecule has 3 N–H and O–H groups in total. The molecule has 0 aliphatic carbocycles. The van der Waals surface area contributed by atoms with E-state index in [-0.39, 0.29) is 19.2 Å². The molecule has 6 heteroatoms. The molecule has 0 aliphatic rings. The summed E-state index contributed by atoms with van der Waals surface area (Å²) in [6.45, 7) is 2.92. The summed E-state index contributed by atoms with van der Waals surface area (Å²) < 4.78 is 38.2. The highest BCUT2D eigenvalue weighted by Gasteiger charge is 2.43. The molecule has 0 amide bonds. The van der Waals surface area contributed by atoms with Crippen LogP contribution in [0.4, 0.5) is 13.2 Å². The molecule has 0 aromatic heterocycles. The van der Waals surface area contributed by atoms with Crippen molar-refractivity contribution in [3.63, 3.8) is 0 Å². The molecule has 1 atom stereocenters. The van der Waals surface area contributed by atoms with Gasteiger partial charge in [0.05, 0.1) is 6.61 Å². The summed E-state index contributed by atoms with van der Waals surface area (Å²) in [5, 5.41) is 8.84. The summed E-state index contributed by atoms with van der Waals surface area (Å²) in [5.41, 5.74) is 5.19. The Labute approximate surface area is 94.4 Å². The Morgan fingerprint density at radius 1 is 1.25 bits per heavy atom. The van der Waals surface area contributed by atoms with Crippen LogP contribution in [0.15, 0.2) is 0 Å². The van der Waals surface area contributed by atoms with E-state index in [4.69, 9.17) is 10.8 Å². The third-order valence-corrected chi connectivity index (χ3v) is 2.77. The molecule has 1 unspecified atom stereocenters. The third kappa shape index (κ3) is 4.27. The molecule has 0 aromatic carbocycles. The quantitative estimate of drug-likeness (QED) is 0.708. The van der Waals surface area contributed by atoms with E-state index in [1.807, 2.05) is 13.8 Å². The van der Waals surface area contributed by atoms with E-state index in [0.29, 0.717) is 12.8 Å². The first-order valence-corrected chi connectivity index (χ1v) is 5.55. The van der Waals surface area contributed by atoms with E-state index < -0.39 is 18.8 Å². The van der Waals surface area contributed by atoms with Gasteiger partial charge < -0.3 is 10.8 Å². The summed E-state index contributed by atoms with van der Waals surface area (Å²) >= 11 is 0. The molecule has 0 spiro atoms. The molecule has 0 radical (unpaired) electrons. The zero-order valence-electron chi connectivity index (χ0n) is 9.80. The second-order valence-corrected chi connectivity index (χ2v) is 3.72. The highest BCUT2D eigenvalue weighted by Crippen LogP contribution is 2.27. The number of aliphatic hydroxyl groups is 1. The van der Waals surface area contributed by atoms with Gasteiger partial charge in [0.15, 0.2) is 0 Å². The fourth-order valence-electron chi connectivity index (χ4n) is 1.92. The predicted molar refractivity (Wildman–Crippen MR) is 57.1 cm³/mol. The van der Waals surface area contributed by atoms with Crippen LogP contribution < -0.4 is 5.73 Å². The van der Waals surface area contributed by atoms with Crippen molar-refractivity contribution in [3.05, 3.63) is 0 Å². The van der Waals surface area contributed by atoms with Crippen LogP contribution in [0.3, 0.4) is 0 Å². The van der Waals surface area contributed by atoms with Gasteiger partial charge in [-0.15, -0.1) is 0 Å². The third-order valence-electron chi connectivity index (χ3n) is 2.77. The van der Waals surface area contributed by atoms with Crippen molar-refractivity contribution in [2.75, 3.05) is 19.7 Å². The minimum Gasteiger partial charge on any atom is -0.395 e. The van der Waals surface area contributed by atoms with Crippen LogP contribution in [0.25, 0.3) is 0 Å². The van der Waals surface area contributed by atoms with Gasteiger partial charge >= 0.3 is 6.18 Å². The Balaban J connectivity index is 4.84. The maximum Gasteiger partial charge on any atom is 0.405 e. The summed E-state index contributed by atoms with van der Waals surface area (Å²) in [7, 11) is 0. The van der Waals surface area contributed by atoms with Crippen molar-refractivity contribution in [3.8, 4) is 0 Å². The van der Waals surface area contributed by atoms with Gasteiger partial charge in [0.25, 0.3) is 0 Å². The number of nitrogens with two attached hydrogens (primary N) is 1. The summed E-state index contributed by atoms with van der Waals surface area (Å²) in [6.07, 6.45) is -3.11. The summed E-state index contributed by atoms with van der Waals surface area (Å²) in [4.78, 5) is 1.26. The second kappa shape index (κ2) is 7.09. The predicted octanol–water partition coefficient (Wildman–Crippen LogP) is 1.36. The van der Waals surface area contributed by atoms with Crippen LogP contribution >= 0.6 is 0 Å². The van der Waals surface area contributed by atoms with Crippen LogP contribution in [0.1, 0.15) is 26.7 Å². The van der Waals surface area contributed by atoms with Gasteiger partial charge in [-0.25, -0.2) is 0 Å². The van der Waals surface area contributed by atoms with E-state index in [1.165, 1.54) is 4.90 Å². The van der Waals surface area contributed by atoms with Gasteiger partial charge in [-0.05, 0) is 12.8 Å². The maximum atomic E-state index is 12.7. The van der Waals surface area contributed by atoms with E-state index in [0.717, 1.165) is 0 Å². The molecule has 0 saturated heterocycles. The number of hydrogen-bond acceptors (Lipinski definition) is 3. The van der Waals surface area contributed by atoms with Gasteiger partial charge in [0, 0.05) is 19.1 Å². The standard InChI is InChI=1S/C10H21F3N2O/c1-3-8(4-2)15(5-6-16)9(7-14)10(11,12)13/h8-9,16H,3-7,14H2,1-2H3. The number of aliphatic hydroxyl groups excluding tert-OH is 1. The molecule has 0 bridgehead atoms. The molecule has 0 aromatic rings. The Kier molecular flexibility index (Phi) is 6.94. The van der Waals surface area contributed by atoms with Crippen molar-refractivity contribution >= 4 is 0 Å². The monoisotopic (exact) mass is 242 g/mol. The molecular formula is C10H21F3N2O. The van der Waals surface area contributed by atoms with Crippen molar-refractivity contribution in [2.45, 2.75) is 44.9 Å². The van der Waals surface area contributed by atoms with Crippen LogP contribution in [0.2, 0.25) is 0 Å². The average Bonchev–Trinajstić information content (AvgIpc) is 2.18. The lowest BCUT2D eigenvalue weighted by atomic mass is 10.1. The summed E-state index contributed by atoms with van der Waals surface area (Å²) in [5.74, 6) is 0. The van der Waals surface area contributed by atoms with E-state index in [9.17, 15) is 13.2 Å². The molecule has 0 rings (SSSR count). The lowest BCUT2D eigenvalue weighted by molar-refractivity contribution is -0.188. The molecule has 0 fully saturated rings. The van der Waals surface area contributed by atoms with Gasteiger partial charge in [0.1, 0.15) is 6.04 Å². The Morgan fingerprint density at radius 3 is 2.00 bits per heavy atom. The van der Waals surface area contributed by atoms with E-state index >= 15 is 0 Å². The first kappa shape index (κ1) is 15.7. The van der Waals surface area contributed by atoms with Crippen molar-refractivity contribution in [1.82, 2.24) is 4.90 Å². The molecule has 16 heavy (non-hydrogen) atoms. The molecule has 0 aliphatic heterocycles. The minimum atomic E-state index is -4.34. The fourth-order valence-corrected chi connectivity index (χ4v) is 1.92. The van der Waals surface area contributed by atoms with Crippen molar-refractivity contribution < 1.29 is 18.3 Å². The van der Waals surface area contributed by atoms with Crippen LogP contribution in [0, 0.1) is 0 Å². The largest absolute Gasteiger partial charge is 0.405 e. The number of rotatable bonds is 7. The first-order chi connectivity index (χ1) is 7.42. The average molecular weight is 242 g/mol. The van der Waals surface area contributed by atoms with Crippen LogP contribution in [-0.4, -0.2) is 48.0 Å². The Hall–Kier alpha value is -0.330. The topological polar surface area (TPSA) is 49.5 Å². The zero-order valence-corrected chi connectivity index (χ0v) is 9.80. The van der Waals surface area contributed by atoms with Gasteiger partial charge in [-0.3, -0.25) is 4.90 Å². The smallest absolute Gasteiger partial charge is 0.395 e. The normalized spacial score (nSPS) is 14.8. The molecule has 3 nitrogen and oxygen atoms in total. The van der Waals surface area contributed by atoms with Crippen molar-refractivity contribution in [2.24, 2.45) is 5.73 Å². The molecule has 0 heterocycles. The van der Waals surface area contributed by atoms with Gasteiger partial charge in [-0.1, -0.05) is 13.8 Å². The molecule has 98 valence electrons. The van der Waals surface area contributed by atoms with E-state index in [2.05, 4.69) is 0 Å². The Morgan fingerprint density at radius 2 is 1.75 bits per heavy atom. The molecular weight excluding hydrogens is 221 g/mol. The van der Waals surface area contributed by atoms with Crippen LogP contribution in [-0.2, 0) is 0 Å². The maximum absolute atomic E-state index is 12.7. The molecule has 0 saturated carbocycles. The van der Waals surface area contributed by atoms with E-state index in [1.54, 1.807) is 0 Å². The van der Waals surface area contributed by atoms with Gasteiger partial charge in [0.2, 0.25) is 0 Å². The summed E-state index contributed by atoms with van der Waals surface area (Å²) in [6, 6.07) is -1.85. The number of halogens is 3. The van der Waals surface area contributed by atoms with Gasteiger partial charge in [-0.2, -0.15) is 13.2 Å². The zero-order chi connectivity index (χ0) is 12.8.